The Kier molecular flexibility index (Phi) is 8.50. The molecule has 0 fully saturated rings. The van der Waals surface area contributed by atoms with Gasteiger partial charge in [-0.3, -0.25) is 4.98 Å². The fourth-order valence-electron chi connectivity index (χ4n) is 3.25. The molecule has 0 aliphatic carbocycles. The van der Waals surface area contributed by atoms with Crippen molar-refractivity contribution in [2.45, 2.75) is 26.7 Å². The number of carbonyl (C=O) groups is 2. The Labute approximate surface area is 197 Å². The van der Waals surface area contributed by atoms with E-state index in [1.165, 1.54) is 24.3 Å². The zero-order chi connectivity index (χ0) is 24.5. The highest BCUT2D eigenvalue weighted by Crippen LogP contribution is 2.21. The topological polar surface area (TPSA) is 95.2 Å². The molecule has 0 aliphatic heterocycles. The summed E-state index contributed by atoms with van der Waals surface area (Å²) in [5, 5.41) is 11.0. The molecule has 0 atom stereocenters. The number of nitrogens with zero attached hydrogens (tertiary/aromatic N) is 1. The van der Waals surface area contributed by atoms with Crippen LogP contribution in [0, 0.1) is 25.5 Å². The highest BCUT2D eigenvalue weighted by Gasteiger charge is 2.11. The quantitative estimate of drug-likeness (QED) is 0.387. The Morgan fingerprint density at radius 1 is 0.706 bits per heavy atom. The molecule has 0 saturated heterocycles. The van der Waals surface area contributed by atoms with E-state index in [9.17, 15) is 18.4 Å². The Morgan fingerprint density at radius 3 is 1.47 bits per heavy atom. The second-order valence-electron chi connectivity index (χ2n) is 7.77. The number of hydrogen-bond donors (Lipinski definition) is 4. The molecule has 4 amide bonds. The van der Waals surface area contributed by atoms with Crippen LogP contribution in [-0.2, 0) is 12.8 Å². The van der Waals surface area contributed by atoms with E-state index in [-0.39, 0.29) is 11.6 Å². The molecule has 0 aliphatic rings. The molecule has 1 aromatic heterocycles. The van der Waals surface area contributed by atoms with Gasteiger partial charge < -0.3 is 21.3 Å². The van der Waals surface area contributed by atoms with Gasteiger partial charge >= 0.3 is 12.1 Å². The van der Waals surface area contributed by atoms with Gasteiger partial charge in [-0.05, 0) is 68.1 Å². The summed E-state index contributed by atoms with van der Waals surface area (Å²) in [5.74, 6) is -0.606. The number of carbonyl (C=O) groups excluding carboxylic acids is 2. The van der Waals surface area contributed by atoms with Gasteiger partial charge in [-0.25, -0.2) is 18.4 Å². The molecule has 34 heavy (non-hydrogen) atoms. The maximum atomic E-state index is 13.0. The molecule has 0 radical (unpaired) electrons. The van der Waals surface area contributed by atoms with Crippen LogP contribution in [-0.4, -0.2) is 30.1 Å². The van der Waals surface area contributed by atoms with Crippen LogP contribution in [0.3, 0.4) is 0 Å². The van der Waals surface area contributed by atoms with E-state index >= 15 is 0 Å². The summed E-state index contributed by atoms with van der Waals surface area (Å²) >= 11 is 0. The fourth-order valence-corrected chi connectivity index (χ4v) is 3.25. The molecular formula is C25H27F2N5O2. The van der Waals surface area contributed by atoms with Crippen LogP contribution in [0.5, 0.6) is 0 Å². The summed E-state index contributed by atoms with van der Waals surface area (Å²) < 4.78 is 25.9. The first-order valence-electron chi connectivity index (χ1n) is 10.9. The summed E-state index contributed by atoms with van der Waals surface area (Å²) in [6.07, 6.45) is 1.12. The highest BCUT2D eigenvalue weighted by atomic mass is 19.1. The van der Waals surface area contributed by atoms with Crippen molar-refractivity contribution in [3.8, 4) is 0 Å². The number of rotatable bonds is 8. The Morgan fingerprint density at radius 2 is 1.09 bits per heavy atom. The largest absolute Gasteiger partial charge is 0.338 e. The van der Waals surface area contributed by atoms with Gasteiger partial charge in [0.2, 0.25) is 0 Å². The molecule has 0 bridgehead atoms. The average Bonchev–Trinajstić information content (AvgIpc) is 2.80. The molecule has 4 N–H and O–H groups in total. The van der Waals surface area contributed by atoms with Crippen molar-refractivity contribution in [3.05, 3.63) is 88.7 Å². The van der Waals surface area contributed by atoms with Gasteiger partial charge in [-0.2, -0.15) is 0 Å². The van der Waals surface area contributed by atoms with Gasteiger partial charge in [0.05, 0.1) is 22.8 Å². The van der Waals surface area contributed by atoms with Crippen LogP contribution in [0.4, 0.5) is 29.7 Å². The highest BCUT2D eigenvalue weighted by molar-refractivity contribution is 5.93. The zero-order valence-electron chi connectivity index (χ0n) is 19.0. The molecule has 0 spiro atoms. The molecular weight excluding hydrogens is 440 g/mol. The van der Waals surface area contributed by atoms with E-state index in [1.807, 2.05) is 0 Å². The van der Waals surface area contributed by atoms with Crippen molar-refractivity contribution in [2.24, 2.45) is 0 Å². The van der Waals surface area contributed by atoms with E-state index in [1.54, 1.807) is 44.2 Å². The number of urea groups is 2. The van der Waals surface area contributed by atoms with Gasteiger partial charge in [0.15, 0.2) is 0 Å². The van der Waals surface area contributed by atoms with Crippen LogP contribution < -0.4 is 21.3 Å². The van der Waals surface area contributed by atoms with Gasteiger partial charge in [-0.1, -0.05) is 24.3 Å². The zero-order valence-corrected chi connectivity index (χ0v) is 19.0. The normalized spacial score (nSPS) is 10.5. The summed E-state index contributed by atoms with van der Waals surface area (Å²) in [4.78, 5) is 29.0. The smallest absolute Gasteiger partial charge is 0.319 e. The van der Waals surface area contributed by atoms with E-state index in [4.69, 9.17) is 0 Å². The van der Waals surface area contributed by atoms with E-state index < -0.39 is 12.1 Å². The molecule has 0 unspecified atom stereocenters. The standard InChI is InChI=1S/C25H27F2N5O2/c1-16-22(31-24(33)28-13-11-18-3-7-20(26)8-4-18)15-23(17(2)30-16)32-25(34)29-14-12-19-5-9-21(27)10-6-19/h3-10,15H,11-14H2,1-2H3,(H2,28,31,33)(H2,29,32,34). The number of halogens is 2. The Balaban J connectivity index is 1.49. The third-order valence-electron chi connectivity index (χ3n) is 5.13. The van der Waals surface area contributed by atoms with E-state index in [0.29, 0.717) is 48.7 Å². The Hall–Kier alpha value is -4.01. The molecule has 2 aromatic carbocycles. The van der Waals surface area contributed by atoms with Gasteiger partial charge in [0.1, 0.15) is 11.6 Å². The fraction of sp³-hybridized carbons (Fsp3) is 0.240. The first-order chi connectivity index (χ1) is 16.3. The predicted molar refractivity (Wildman–Crippen MR) is 128 cm³/mol. The van der Waals surface area contributed by atoms with Crippen LogP contribution in [0.2, 0.25) is 0 Å². The lowest BCUT2D eigenvalue weighted by atomic mass is 10.1. The molecule has 0 saturated carbocycles. The van der Waals surface area contributed by atoms with E-state index in [0.717, 1.165) is 11.1 Å². The lowest BCUT2D eigenvalue weighted by molar-refractivity contribution is 0.251. The number of anilines is 2. The van der Waals surface area contributed by atoms with Crippen molar-refractivity contribution >= 4 is 23.4 Å². The molecule has 178 valence electrons. The third-order valence-corrected chi connectivity index (χ3v) is 5.13. The SMILES string of the molecule is Cc1nc(C)c(NC(=O)NCCc2ccc(F)cc2)cc1NC(=O)NCCc1ccc(F)cc1. The minimum Gasteiger partial charge on any atom is -0.338 e. The first kappa shape index (κ1) is 24.6. The molecule has 7 nitrogen and oxygen atoms in total. The number of benzene rings is 2. The van der Waals surface area contributed by atoms with Crippen LogP contribution >= 0.6 is 0 Å². The minimum absolute atomic E-state index is 0.303. The monoisotopic (exact) mass is 467 g/mol. The average molecular weight is 468 g/mol. The molecule has 3 rings (SSSR count). The van der Waals surface area contributed by atoms with Crippen LogP contribution in [0.25, 0.3) is 0 Å². The summed E-state index contributed by atoms with van der Waals surface area (Å²) in [6.45, 7) is 4.26. The van der Waals surface area contributed by atoms with Gasteiger partial charge in [0.25, 0.3) is 0 Å². The predicted octanol–water partition coefficient (Wildman–Crippen LogP) is 4.71. The molecule has 9 heteroatoms. The number of aromatic nitrogens is 1. The first-order valence-corrected chi connectivity index (χ1v) is 10.9. The van der Waals surface area contributed by atoms with Crippen molar-refractivity contribution in [1.29, 1.82) is 0 Å². The molecule has 1 heterocycles. The van der Waals surface area contributed by atoms with Crippen molar-refractivity contribution in [2.75, 3.05) is 23.7 Å². The summed E-state index contributed by atoms with van der Waals surface area (Å²) in [7, 11) is 0. The number of hydrogen-bond acceptors (Lipinski definition) is 3. The van der Waals surface area contributed by atoms with E-state index in [2.05, 4.69) is 26.3 Å². The maximum Gasteiger partial charge on any atom is 0.319 e. The van der Waals surface area contributed by atoms with Crippen molar-refractivity contribution < 1.29 is 18.4 Å². The second kappa shape index (κ2) is 11.7. The second-order valence-corrected chi connectivity index (χ2v) is 7.77. The Bertz CT molecular complexity index is 1050. The minimum atomic E-state index is -0.412. The summed E-state index contributed by atoms with van der Waals surface area (Å²) in [5.41, 5.74) is 3.96. The number of nitrogens with one attached hydrogen (secondary N) is 4. The van der Waals surface area contributed by atoms with Crippen molar-refractivity contribution in [1.82, 2.24) is 15.6 Å². The lowest BCUT2D eigenvalue weighted by Crippen LogP contribution is -2.32. The van der Waals surface area contributed by atoms with Crippen LogP contribution in [0.1, 0.15) is 22.5 Å². The maximum absolute atomic E-state index is 13.0. The third kappa shape index (κ3) is 7.54. The van der Waals surface area contributed by atoms with Crippen LogP contribution in [0.15, 0.2) is 54.6 Å². The number of amides is 4. The van der Waals surface area contributed by atoms with Gasteiger partial charge in [0, 0.05) is 13.1 Å². The van der Waals surface area contributed by atoms with Gasteiger partial charge in [-0.15, -0.1) is 0 Å². The van der Waals surface area contributed by atoms with Crippen molar-refractivity contribution in [3.63, 3.8) is 0 Å². The summed E-state index contributed by atoms with van der Waals surface area (Å²) in [6, 6.07) is 13.0. The number of pyridine rings is 1. The lowest BCUT2D eigenvalue weighted by Gasteiger charge is -2.14. The molecule has 3 aromatic rings. The number of aryl methyl sites for hydroxylation is 2.